The first kappa shape index (κ1) is 22.6. The second kappa shape index (κ2) is 8.59. The summed E-state index contributed by atoms with van der Waals surface area (Å²) in [4.78, 5) is 39.8. The standard InChI is InChI=1S/C21H29F3N2O4/c1-13-16(18(28)30-2)20(21(22,23)24,25-17(27)14-9-5-3-6-10-14)19(29)26(13)15-11-7-4-8-12-15/h14-15H,3-12H2,1-2H3,(H,25,27). The van der Waals surface area contributed by atoms with Gasteiger partial charge in [-0.05, 0) is 32.6 Å². The van der Waals surface area contributed by atoms with Crippen molar-refractivity contribution in [1.29, 1.82) is 0 Å². The van der Waals surface area contributed by atoms with Crippen LogP contribution in [0.15, 0.2) is 11.3 Å². The van der Waals surface area contributed by atoms with E-state index in [2.05, 4.69) is 4.74 Å². The summed E-state index contributed by atoms with van der Waals surface area (Å²) in [5.41, 5.74) is -4.31. The van der Waals surface area contributed by atoms with E-state index in [4.69, 9.17) is 0 Å². The number of nitrogens with one attached hydrogen (secondary N) is 1. The van der Waals surface area contributed by atoms with Crippen molar-refractivity contribution in [3.8, 4) is 0 Å². The zero-order valence-electron chi connectivity index (χ0n) is 17.4. The predicted molar refractivity (Wildman–Crippen MR) is 102 cm³/mol. The van der Waals surface area contributed by atoms with E-state index in [1.807, 2.05) is 5.32 Å². The topological polar surface area (TPSA) is 75.7 Å². The third-order valence-electron chi connectivity index (χ3n) is 6.68. The second-order valence-electron chi connectivity index (χ2n) is 8.49. The monoisotopic (exact) mass is 430 g/mol. The molecule has 1 aliphatic heterocycles. The number of hydrogen-bond donors (Lipinski definition) is 1. The van der Waals surface area contributed by atoms with Gasteiger partial charge in [0.2, 0.25) is 11.4 Å². The van der Waals surface area contributed by atoms with Crippen LogP contribution in [-0.2, 0) is 19.1 Å². The number of rotatable bonds is 4. The molecule has 2 fully saturated rings. The Labute approximate surface area is 174 Å². The number of halogens is 3. The predicted octanol–water partition coefficient (Wildman–Crippen LogP) is 3.61. The van der Waals surface area contributed by atoms with Crippen LogP contribution in [0.1, 0.15) is 71.1 Å². The lowest BCUT2D eigenvalue weighted by molar-refractivity contribution is -0.197. The maximum absolute atomic E-state index is 14.6. The van der Waals surface area contributed by atoms with Crippen LogP contribution in [0.4, 0.5) is 13.2 Å². The van der Waals surface area contributed by atoms with Gasteiger partial charge in [-0.15, -0.1) is 0 Å². The molecule has 1 atom stereocenters. The number of alkyl halides is 3. The van der Waals surface area contributed by atoms with Crippen LogP contribution in [0.25, 0.3) is 0 Å². The van der Waals surface area contributed by atoms with Gasteiger partial charge in [-0.25, -0.2) is 4.79 Å². The van der Waals surface area contributed by atoms with E-state index in [1.165, 1.54) is 6.92 Å². The van der Waals surface area contributed by atoms with Gasteiger partial charge in [0.25, 0.3) is 5.91 Å². The summed E-state index contributed by atoms with van der Waals surface area (Å²) in [5, 5.41) is 2.00. The molecule has 2 aliphatic carbocycles. The minimum absolute atomic E-state index is 0.0833. The second-order valence-corrected chi connectivity index (χ2v) is 8.49. The highest BCUT2D eigenvalue weighted by Gasteiger charge is 2.71. The van der Waals surface area contributed by atoms with Crippen molar-refractivity contribution in [3.63, 3.8) is 0 Å². The molecule has 2 saturated carbocycles. The van der Waals surface area contributed by atoms with Crippen LogP contribution in [0.3, 0.4) is 0 Å². The van der Waals surface area contributed by atoms with Gasteiger partial charge in [0, 0.05) is 17.7 Å². The van der Waals surface area contributed by atoms with Gasteiger partial charge in [-0.1, -0.05) is 38.5 Å². The van der Waals surface area contributed by atoms with Gasteiger partial charge in [-0.3, -0.25) is 9.59 Å². The van der Waals surface area contributed by atoms with Crippen LogP contribution in [0.5, 0.6) is 0 Å². The Morgan fingerprint density at radius 2 is 1.57 bits per heavy atom. The Balaban J connectivity index is 2.07. The highest BCUT2D eigenvalue weighted by molar-refractivity contribution is 6.10. The molecular formula is C21H29F3N2O4. The van der Waals surface area contributed by atoms with Crippen molar-refractivity contribution in [3.05, 3.63) is 11.3 Å². The third kappa shape index (κ3) is 3.71. The molecule has 0 aromatic rings. The molecule has 0 bridgehead atoms. The number of carbonyl (C=O) groups is 3. The van der Waals surface area contributed by atoms with E-state index in [9.17, 15) is 27.6 Å². The Morgan fingerprint density at radius 3 is 2.07 bits per heavy atom. The smallest absolute Gasteiger partial charge is 0.425 e. The largest absolute Gasteiger partial charge is 0.466 e. The molecule has 3 rings (SSSR count). The van der Waals surface area contributed by atoms with Gasteiger partial charge in [-0.2, -0.15) is 13.2 Å². The Morgan fingerprint density at radius 1 is 1.03 bits per heavy atom. The molecule has 30 heavy (non-hydrogen) atoms. The maximum atomic E-state index is 14.6. The lowest BCUT2D eigenvalue weighted by Gasteiger charge is -2.37. The van der Waals surface area contributed by atoms with E-state index in [0.29, 0.717) is 25.7 Å². The molecule has 0 aromatic heterocycles. The molecule has 2 amide bonds. The van der Waals surface area contributed by atoms with Gasteiger partial charge >= 0.3 is 12.1 Å². The van der Waals surface area contributed by atoms with E-state index < -0.39 is 47.0 Å². The minimum atomic E-state index is -5.19. The van der Waals surface area contributed by atoms with Crippen molar-refractivity contribution in [1.82, 2.24) is 10.2 Å². The molecule has 0 spiro atoms. The molecule has 1 heterocycles. The molecule has 0 aromatic carbocycles. The van der Waals surface area contributed by atoms with Gasteiger partial charge < -0.3 is 15.0 Å². The van der Waals surface area contributed by atoms with Gasteiger partial charge in [0.1, 0.15) is 5.57 Å². The van der Waals surface area contributed by atoms with Crippen molar-refractivity contribution in [2.45, 2.75) is 88.9 Å². The zero-order chi connectivity index (χ0) is 22.1. The third-order valence-corrected chi connectivity index (χ3v) is 6.68. The van der Waals surface area contributed by atoms with E-state index >= 15 is 0 Å². The highest BCUT2D eigenvalue weighted by Crippen LogP contribution is 2.47. The first-order chi connectivity index (χ1) is 14.1. The molecule has 0 saturated heterocycles. The average Bonchev–Trinajstić information content (AvgIpc) is 2.95. The number of esters is 1. The van der Waals surface area contributed by atoms with E-state index in [-0.39, 0.29) is 5.70 Å². The lowest BCUT2D eigenvalue weighted by Crippen LogP contribution is -2.67. The fourth-order valence-corrected chi connectivity index (χ4v) is 5.11. The number of allylic oxidation sites excluding steroid dienone is 1. The van der Waals surface area contributed by atoms with Crippen molar-refractivity contribution < 1.29 is 32.3 Å². The van der Waals surface area contributed by atoms with Gasteiger partial charge in [0.15, 0.2) is 0 Å². The molecule has 1 unspecified atom stereocenters. The fraction of sp³-hybridized carbons (Fsp3) is 0.762. The highest BCUT2D eigenvalue weighted by atomic mass is 19.4. The fourth-order valence-electron chi connectivity index (χ4n) is 5.11. The van der Waals surface area contributed by atoms with Crippen LogP contribution >= 0.6 is 0 Å². The van der Waals surface area contributed by atoms with Crippen LogP contribution in [-0.4, -0.2) is 47.6 Å². The Bertz CT molecular complexity index is 737. The molecule has 1 N–H and O–H groups in total. The van der Waals surface area contributed by atoms with Crippen molar-refractivity contribution in [2.75, 3.05) is 7.11 Å². The van der Waals surface area contributed by atoms with Crippen molar-refractivity contribution >= 4 is 17.8 Å². The molecule has 6 nitrogen and oxygen atoms in total. The Kier molecular flexibility index (Phi) is 6.48. The summed E-state index contributed by atoms with van der Waals surface area (Å²) in [6, 6.07) is -0.429. The summed E-state index contributed by atoms with van der Waals surface area (Å²) in [5.74, 6) is -3.99. The molecule has 3 aliphatic rings. The number of nitrogens with zero attached hydrogens (tertiary/aromatic N) is 1. The zero-order valence-corrected chi connectivity index (χ0v) is 17.4. The number of hydrogen-bond acceptors (Lipinski definition) is 4. The molecular weight excluding hydrogens is 401 g/mol. The summed E-state index contributed by atoms with van der Waals surface area (Å²) in [6.45, 7) is 1.33. The van der Waals surface area contributed by atoms with Crippen LogP contribution in [0.2, 0.25) is 0 Å². The van der Waals surface area contributed by atoms with Gasteiger partial charge in [0.05, 0.1) is 7.11 Å². The lowest BCUT2D eigenvalue weighted by atomic mass is 9.85. The first-order valence-corrected chi connectivity index (χ1v) is 10.7. The Hall–Kier alpha value is -2.06. The van der Waals surface area contributed by atoms with Crippen LogP contribution < -0.4 is 5.32 Å². The van der Waals surface area contributed by atoms with Crippen molar-refractivity contribution in [2.24, 2.45) is 5.92 Å². The number of carbonyl (C=O) groups excluding carboxylic acids is 3. The quantitative estimate of drug-likeness (QED) is 0.692. The molecule has 9 heteroatoms. The molecule has 0 radical (unpaired) electrons. The van der Waals surface area contributed by atoms with E-state index in [0.717, 1.165) is 50.5 Å². The summed E-state index contributed by atoms with van der Waals surface area (Å²) in [6.07, 6.45) is 1.82. The van der Waals surface area contributed by atoms with Crippen LogP contribution in [0, 0.1) is 5.92 Å². The average molecular weight is 430 g/mol. The number of amides is 2. The first-order valence-electron chi connectivity index (χ1n) is 10.7. The minimum Gasteiger partial charge on any atom is -0.466 e. The summed E-state index contributed by atoms with van der Waals surface area (Å²) in [7, 11) is 0.973. The molecule has 168 valence electrons. The summed E-state index contributed by atoms with van der Waals surface area (Å²) < 4.78 is 48.3. The summed E-state index contributed by atoms with van der Waals surface area (Å²) >= 11 is 0. The SMILES string of the molecule is COC(=O)C1=C(C)N(C2CCCCC2)C(=O)C1(NC(=O)C1CCCCC1)C(F)(F)F. The number of ether oxygens (including phenoxy) is 1. The normalized spacial score (nSPS) is 26.8. The van der Waals surface area contributed by atoms with E-state index in [1.54, 1.807) is 0 Å². The number of methoxy groups -OCH3 is 1. The maximum Gasteiger partial charge on any atom is 0.425 e.